The van der Waals surface area contributed by atoms with Gasteiger partial charge in [0.1, 0.15) is 0 Å². The first-order valence-electron chi connectivity index (χ1n) is 11.2. The summed E-state index contributed by atoms with van der Waals surface area (Å²) in [6.07, 6.45) is 3.46. The van der Waals surface area contributed by atoms with Gasteiger partial charge in [-0.25, -0.2) is 4.79 Å². The zero-order valence-electron chi connectivity index (χ0n) is 19.5. The second kappa shape index (κ2) is 9.46. The van der Waals surface area contributed by atoms with E-state index in [2.05, 4.69) is 34.7 Å². The number of likely N-dealkylation sites (N-methyl/N-ethyl adjacent to an activating group) is 1. The Labute approximate surface area is 197 Å². The highest BCUT2D eigenvalue weighted by Crippen LogP contribution is 2.49. The lowest BCUT2D eigenvalue weighted by molar-refractivity contribution is -0.387. The van der Waals surface area contributed by atoms with Crippen LogP contribution in [0.1, 0.15) is 31.2 Å². The fourth-order valence-corrected chi connectivity index (χ4v) is 5.48. The standard InChI is InChI=1S/C24H29FN4O5/c1-28-11-10-24(15-4-7-20(33-2)21(12-15)34-3)9-8-17(14-22(24)28)27-23(30)26-16-5-6-18(25)19(13-16)29(31)32/h4-7,12-13,17,22H,8-11,14H2,1-3H3,(H2,26,27,30). The van der Waals surface area contributed by atoms with Crippen LogP contribution in [0.15, 0.2) is 36.4 Å². The van der Waals surface area contributed by atoms with Crippen LogP contribution >= 0.6 is 0 Å². The molecule has 2 amide bonds. The average molecular weight is 473 g/mol. The molecule has 1 saturated heterocycles. The molecule has 182 valence electrons. The van der Waals surface area contributed by atoms with E-state index in [1.165, 1.54) is 11.6 Å². The van der Waals surface area contributed by atoms with Gasteiger partial charge in [-0.15, -0.1) is 0 Å². The molecule has 2 fully saturated rings. The first kappa shape index (κ1) is 23.7. The largest absolute Gasteiger partial charge is 0.493 e. The van der Waals surface area contributed by atoms with Crippen molar-refractivity contribution in [3.8, 4) is 11.5 Å². The minimum absolute atomic E-state index is 0.0411. The van der Waals surface area contributed by atoms with Crippen molar-refractivity contribution in [2.75, 3.05) is 33.1 Å². The monoisotopic (exact) mass is 472 g/mol. The molecule has 2 N–H and O–H groups in total. The van der Waals surface area contributed by atoms with Crippen molar-refractivity contribution in [2.45, 2.75) is 43.2 Å². The van der Waals surface area contributed by atoms with E-state index in [0.717, 1.165) is 44.4 Å². The Balaban J connectivity index is 1.47. The first-order chi connectivity index (χ1) is 16.3. The Bertz CT molecular complexity index is 1100. The average Bonchev–Trinajstić information content (AvgIpc) is 3.16. The molecule has 1 aliphatic heterocycles. The number of fused-ring (bicyclic) bond motifs is 1. The summed E-state index contributed by atoms with van der Waals surface area (Å²) >= 11 is 0. The molecule has 3 atom stereocenters. The van der Waals surface area contributed by atoms with Gasteiger partial charge in [-0.05, 0) is 69.1 Å². The minimum atomic E-state index is -0.945. The maximum Gasteiger partial charge on any atom is 0.319 e. The summed E-state index contributed by atoms with van der Waals surface area (Å²) in [5, 5.41) is 16.5. The van der Waals surface area contributed by atoms with Gasteiger partial charge in [0.2, 0.25) is 5.82 Å². The number of ether oxygens (including phenoxy) is 2. The maximum atomic E-state index is 13.6. The van der Waals surface area contributed by atoms with E-state index in [-0.39, 0.29) is 23.2 Å². The zero-order chi connectivity index (χ0) is 24.5. The number of nitrogens with one attached hydrogen (secondary N) is 2. The van der Waals surface area contributed by atoms with Gasteiger partial charge < -0.3 is 25.0 Å². The van der Waals surface area contributed by atoms with Crippen LogP contribution in [0.3, 0.4) is 0 Å². The number of rotatable bonds is 6. The number of hydrogen-bond acceptors (Lipinski definition) is 6. The Hall–Kier alpha value is -3.40. The third-order valence-electron chi connectivity index (χ3n) is 7.22. The van der Waals surface area contributed by atoms with Gasteiger partial charge in [0.05, 0.1) is 19.1 Å². The van der Waals surface area contributed by atoms with Crippen molar-refractivity contribution in [1.82, 2.24) is 10.2 Å². The van der Waals surface area contributed by atoms with E-state index in [4.69, 9.17) is 9.47 Å². The highest BCUT2D eigenvalue weighted by atomic mass is 19.1. The molecule has 0 aromatic heterocycles. The fraction of sp³-hybridized carbons (Fsp3) is 0.458. The van der Waals surface area contributed by atoms with Gasteiger partial charge in [-0.3, -0.25) is 10.1 Å². The molecule has 2 aromatic rings. The normalized spacial score (nSPS) is 24.2. The maximum absolute atomic E-state index is 13.6. The molecular formula is C24H29FN4O5. The van der Waals surface area contributed by atoms with Crippen molar-refractivity contribution < 1.29 is 23.6 Å². The molecule has 2 aliphatic rings. The number of benzene rings is 2. The number of amides is 2. The predicted molar refractivity (Wildman–Crippen MR) is 125 cm³/mol. The smallest absolute Gasteiger partial charge is 0.319 e. The molecule has 34 heavy (non-hydrogen) atoms. The lowest BCUT2D eigenvalue weighted by Gasteiger charge is -2.45. The molecule has 0 radical (unpaired) electrons. The number of likely N-dealkylation sites (tertiary alicyclic amines) is 1. The number of nitro benzene ring substituents is 1. The lowest BCUT2D eigenvalue weighted by atomic mass is 9.65. The minimum Gasteiger partial charge on any atom is -0.493 e. The zero-order valence-corrected chi connectivity index (χ0v) is 19.5. The predicted octanol–water partition coefficient (Wildman–Crippen LogP) is 4.07. The molecule has 9 nitrogen and oxygen atoms in total. The fourth-order valence-electron chi connectivity index (χ4n) is 5.48. The van der Waals surface area contributed by atoms with Gasteiger partial charge in [0.25, 0.3) is 0 Å². The molecule has 1 aliphatic carbocycles. The number of halogens is 1. The molecule has 10 heteroatoms. The van der Waals surface area contributed by atoms with Crippen molar-refractivity contribution >= 4 is 17.4 Å². The molecule has 1 saturated carbocycles. The number of anilines is 1. The molecule has 3 unspecified atom stereocenters. The quantitative estimate of drug-likeness (QED) is 0.485. The van der Waals surface area contributed by atoms with Gasteiger partial charge >= 0.3 is 11.7 Å². The number of hydrogen-bond donors (Lipinski definition) is 2. The van der Waals surface area contributed by atoms with E-state index in [0.29, 0.717) is 11.5 Å². The van der Waals surface area contributed by atoms with E-state index >= 15 is 0 Å². The van der Waals surface area contributed by atoms with E-state index < -0.39 is 22.5 Å². The lowest BCUT2D eigenvalue weighted by Crippen LogP contribution is -2.52. The Morgan fingerprint density at radius 1 is 1.18 bits per heavy atom. The molecule has 1 heterocycles. The van der Waals surface area contributed by atoms with Gasteiger partial charge in [-0.1, -0.05) is 6.07 Å². The number of nitrogens with zero attached hydrogens (tertiary/aromatic N) is 2. The number of carbonyl (C=O) groups is 1. The summed E-state index contributed by atoms with van der Waals surface area (Å²) in [5.74, 6) is 0.452. The molecular weight excluding hydrogens is 443 g/mol. The Morgan fingerprint density at radius 2 is 1.94 bits per heavy atom. The van der Waals surface area contributed by atoms with Crippen molar-refractivity contribution in [3.63, 3.8) is 0 Å². The van der Waals surface area contributed by atoms with Crippen LogP contribution < -0.4 is 20.1 Å². The summed E-state index contributed by atoms with van der Waals surface area (Å²) in [6.45, 7) is 0.956. The summed E-state index contributed by atoms with van der Waals surface area (Å²) in [7, 11) is 5.36. The third-order valence-corrected chi connectivity index (χ3v) is 7.22. The first-order valence-corrected chi connectivity index (χ1v) is 11.2. The van der Waals surface area contributed by atoms with Gasteiger partial charge in [0.15, 0.2) is 11.5 Å². The second-order valence-corrected chi connectivity index (χ2v) is 8.97. The molecule has 2 aromatic carbocycles. The van der Waals surface area contributed by atoms with Gasteiger partial charge in [-0.2, -0.15) is 4.39 Å². The van der Waals surface area contributed by atoms with Crippen LogP contribution in [0, 0.1) is 15.9 Å². The van der Waals surface area contributed by atoms with Crippen LogP contribution in [-0.4, -0.2) is 55.8 Å². The van der Waals surface area contributed by atoms with E-state index in [1.54, 1.807) is 14.2 Å². The Kier molecular flexibility index (Phi) is 6.60. The third kappa shape index (κ3) is 4.37. The van der Waals surface area contributed by atoms with Crippen molar-refractivity contribution in [2.24, 2.45) is 0 Å². The summed E-state index contributed by atoms with van der Waals surface area (Å²) < 4.78 is 24.5. The van der Waals surface area contributed by atoms with Crippen LogP contribution in [0.5, 0.6) is 11.5 Å². The van der Waals surface area contributed by atoms with Crippen LogP contribution in [0.4, 0.5) is 20.6 Å². The van der Waals surface area contributed by atoms with Gasteiger partial charge in [0, 0.05) is 29.3 Å². The number of methoxy groups -OCH3 is 2. The van der Waals surface area contributed by atoms with Crippen molar-refractivity contribution in [1.29, 1.82) is 0 Å². The van der Waals surface area contributed by atoms with Crippen LogP contribution in [0.25, 0.3) is 0 Å². The number of carbonyl (C=O) groups excluding carboxylic acids is 1. The Morgan fingerprint density at radius 3 is 2.65 bits per heavy atom. The van der Waals surface area contributed by atoms with E-state index in [1.807, 2.05) is 6.07 Å². The summed E-state index contributed by atoms with van der Waals surface area (Å²) in [5.41, 5.74) is 0.656. The summed E-state index contributed by atoms with van der Waals surface area (Å²) in [6, 6.07) is 9.11. The highest BCUT2D eigenvalue weighted by Gasteiger charge is 2.50. The topological polar surface area (TPSA) is 106 Å². The van der Waals surface area contributed by atoms with Crippen LogP contribution in [-0.2, 0) is 5.41 Å². The molecule has 0 spiro atoms. The number of nitro groups is 1. The molecule has 4 rings (SSSR count). The SMILES string of the molecule is COc1ccc(C23CCC(NC(=O)Nc4ccc(F)c([N+](=O)[O-])c4)CC2N(C)CC3)cc1OC. The molecule has 0 bridgehead atoms. The second-order valence-electron chi connectivity index (χ2n) is 8.97. The highest BCUT2D eigenvalue weighted by molar-refractivity contribution is 5.89. The van der Waals surface area contributed by atoms with Crippen molar-refractivity contribution in [3.05, 3.63) is 57.9 Å². The summed E-state index contributed by atoms with van der Waals surface area (Å²) in [4.78, 5) is 25.1. The number of urea groups is 1. The van der Waals surface area contributed by atoms with Crippen LogP contribution in [0.2, 0.25) is 0 Å². The van der Waals surface area contributed by atoms with E-state index in [9.17, 15) is 19.3 Å².